The summed E-state index contributed by atoms with van der Waals surface area (Å²) in [6.45, 7) is 2.25. The monoisotopic (exact) mass is 536 g/mol. The molecule has 1 fully saturated rings. The van der Waals surface area contributed by atoms with Crippen LogP contribution in [0.1, 0.15) is 24.0 Å². The number of aromatic nitrogens is 1. The molecule has 1 aliphatic rings. The standard InChI is InChI=1S/C30H30Cl2N2O3/c31-24-10-6-21(7-11-24)30(36,22-8-12-25(32)13-9-22)23-14-17-34(18-15-23)19-26(35)20-37-29-5-1-4-28-27(29)3-2-16-33-28/h1-13,16,23,26,35-36H,14-15,17-20H2. The maximum Gasteiger partial charge on any atom is 0.128 e. The molecule has 0 amide bonds. The van der Waals surface area contributed by atoms with Crippen molar-refractivity contribution in [2.45, 2.75) is 24.5 Å². The largest absolute Gasteiger partial charge is 0.490 e. The Kier molecular flexibility index (Phi) is 7.98. The van der Waals surface area contributed by atoms with Crippen molar-refractivity contribution in [2.24, 2.45) is 5.92 Å². The maximum absolute atomic E-state index is 12.1. The lowest BCUT2D eigenvalue weighted by atomic mass is 9.72. The molecule has 5 rings (SSSR count). The molecule has 2 N–H and O–H groups in total. The minimum absolute atomic E-state index is 0.00248. The molecule has 4 aromatic rings. The van der Waals surface area contributed by atoms with Crippen molar-refractivity contribution in [3.63, 3.8) is 0 Å². The predicted molar refractivity (Wildman–Crippen MR) is 148 cm³/mol. The normalized spacial score (nSPS) is 16.1. The minimum atomic E-state index is -1.16. The third-order valence-corrected chi connectivity index (χ3v) is 7.76. The van der Waals surface area contributed by atoms with Crippen molar-refractivity contribution in [1.29, 1.82) is 0 Å². The van der Waals surface area contributed by atoms with Crippen molar-refractivity contribution in [3.8, 4) is 5.75 Å². The van der Waals surface area contributed by atoms with Crippen molar-refractivity contribution in [2.75, 3.05) is 26.2 Å². The maximum atomic E-state index is 12.1. The Bertz CT molecular complexity index is 1270. The van der Waals surface area contributed by atoms with Crippen LogP contribution in [0.3, 0.4) is 0 Å². The molecule has 3 aromatic carbocycles. The van der Waals surface area contributed by atoms with Gasteiger partial charge in [-0.3, -0.25) is 4.98 Å². The number of β-amino-alcohol motifs (C(OH)–C–C–N with tert-alkyl or cyclic N) is 1. The zero-order valence-corrected chi connectivity index (χ0v) is 21.9. The number of likely N-dealkylation sites (tertiary alicyclic amines) is 1. The predicted octanol–water partition coefficient (Wildman–Crippen LogP) is 5.93. The van der Waals surface area contributed by atoms with Gasteiger partial charge in [0.1, 0.15) is 24.1 Å². The van der Waals surface area contributed by atoms with E-state index in [1.54, 1.807) is 6.20 Å². The minimum Gasteiger partial charge on any atom is -0.490 e. The van der Waals surface area contributed by atoms with E-state index < -0.39 is 11.7 Å². The van der Waals surface area contributed by atoms with Gasteiger partial charge in [-0.1, -0.05) is 53.5 Å². The summed E-state index contributed by atoms with van der Waals surface area (Å²) in [4.78, 5) is 6.59. The summed E-state index contributed by atoms with van der Waals surface area (Å²) in [5.41, 5.74) is 1.34. The van der Waals surface area contributed by atoms with Gasteiger partial charge in [-0.2, -0.15) is 0 Å². The van der Waals surface area contributed by atoms with E-state index in [1.165, 1.54) is 0 Å². The lowest BCUT2D eigenvalue weighted by molar-refractivity contribution is -0.0222. The van der Waals surface area contributed by atoms with Gasteiger partial charge in [-0.25, -0.2) is 0 Å². The van der Waals surface area contributed by atoms with Gasteiger partial charge in [0, 0.05) is 28.2 Å². The van der Waals surface area contributed by atoms with Crippen molar-refractivity contribution in [1.82, 2.24) is 9.88 Å². The average Bonchev–Trinajstić information content (AvgIpc) is 2.92. The number of nitrogens with zero attached hydrogens (tertiary/aromatic N) is 2. The summed E-state index contributed by atoms with van der Waals surface area (Å²) in [6.07, 6.45) is 2.69. The Balaban J connectivity index is 1.23. The lowest BCUT2D eigenvalue weighted by Gasteiger charge is -2.42. The number of aliphatic hydroxyl groups is 2. The fourth-order valence-electron chi connectivity index (χ4n) is 5.32. The zero-order chi connectivity index (χ0) is 25.8. The van der Waals surface area contributed by atoms with Crippen LogP contribution in [-0.4, -0.2) is 52.4 Å². The molecule has 1 saturated heterocycles. The first-order chi connectivity index (χ1) is 17.9. The molecule has 0 saturated carbocycles. The van der Waals surface area contributed by atoms with Gasteiger partial charge in [0.25, 0.3) is 0 Å². The van der Waals surface area contributed by atoms with E-state index in [4.69, 9.17) is 27.9 Å². The molecule has 1 aliphatic heterocycles. The highest BCUT2D eigenvalue weighted by Gasteiger charge is 2.41. The molecule has 37 heavy (non-hydrogen) atoms. The van der Waals surface area contributed by atoms with Crippen LogP contribution in [0, 0.1) is 5.92 Å². The van der Waals surface area contributed by atoms with Gasteiger partial charge in [0.05, 0.1) is 5.52 Å². The Labute approximate surface area is 227 Å². The first-order valence-corrected chi connectivity index (χ1v) is 13.3. The quantitative estimate of drug-likeness (QED) is 0.292. The Morgan fingerprint density at radius 1 is 0.892 bits per heavy atom. The van der Waals surface area contributed by atoms with Gasteiger partial charge < -0.3 is 19.8 Å². The van der Waals surface area contributed by atoms with Gasteiger partial charge in [0.15, 0.2) is 0 Å². The topological polar surface area (TPSA) is 65.8 Å². The SMILES string of the molecule is OC(COc1cccc2ncccc12)CN1CCC(C(O)(c2ccc(Cl)cc2)c2ccc(Cl)cc2)CC1. The van der Waals surface area contributed by atoms with Crippen LogP contribution < -0.4 is 4.74 Å². The smallest absolute Gasteiger partial charge is 0.128 e. The molecular formula is C30H30Cl2N2O3. The molecule has 0 spiro atoms. The second-order valence-electron chi connectivity index (χ2n) is 9.65. The van der Waals surface area contributed by atoms with E-state index in [0.717, 1.165) is 53.7 Å². The number of halogens is 2. The van der Waals surface area contributed by atoms with Crippen LogP contribution in [0.2, 0.25) is 10.0 Å². The first-order valence-electron chi connectivity index (χ1n) is 12.5. The number of fused-ring (bicyclic) bond motifs is 1. The highest BCUT2D eigenvalue weighted by Crippen LogP contribution is 2.42. The molecule has 0 aliphatic carbocycles. The molecule has 5 nitrogen and oxygen atoms in total. The van der Waals surface area contributed by atoms with Crippen molar-refractivity contribution < 1.29 is 14.9 Å². The summed E-state index contributed by atoms with van der Waals surface area (Å²) < 4.78 is 5.95. The van der Waals surface area contributed by atoms with Crippen molar-refractivity contribution in [3.05, 3.63) is 106 Å². The fraction of sp³-hybridized carbons (Fsp3) is 0.300. The van der Waals surface area contributed by atoms with E-state index in [2.05, 4.69) is 9.88 Å². The Hall–Kier alpha value is -2.67. The molecule has 1 aromatic heterocycles. The van der Waals surface area contributed by atoms with Crippen molar-refractivity contribution >= 4 is 34.1 Å². The average molecular weight is 537 g/mol. The van der Waals surface area contributed by atoms with Crippen LogP contribution in [0.25, 0.3) is 10.9 Å². The summed E-state index contributed by atoms with van der Waals surface area (Å²) in [5.74, 6) is 0.724. The van der Waals surface area contributed by atoms with Crippen LogP contribution in [-0.2, 0) is 5.60 Å². The number of aliphatic hydroxyl groups excluding tert-OH is 1. The molecule has 7 heteroatoms. The highest BCUT2D eigenvalue weighted by atomic mass is 35.5. The third kappa shape index (κ3) is 5.77. The van der Waals surface area contributed by atoms with Crippen LogP contribution in [0.4, 0.5) is 0 Å². The number of pyridine rings is 1. The first kappa shape index (κ1) is 26.0. The molecule has 1 unspecified atom stereocenters. The van der Waals surface area contributed by atoms with Crippen LogP contribution in [0.5, 0.6) is 5.75 Å². The van der Waals surface area contributed by atoms with E-state index in [9.17, 15) is 10.2 Å². The summed E-state index contributed by atoms with van der Waals surface area (Å²) in [6, 6.07) is 24.4. The second-order valence-corrected chi connectivity index (χ2v) is 10.5. The number of piperidine rings is 1. The van der Waals surface area contributed by atoms with Gasteiger partial charge in [-0.05, 0) is 91.5 Å². The molecular weight excluding hydrogens is 507 g/mol. The van der Waals surface area contributed by atoms with Crippen LogP contribution in [0.15, 0.2) is 85.1 Å². The number of hydrogen-bond donors (Lipinski definition) is 2. The number of ether oxygens (including phenoxy) is 1. The molecule has 192 valence electrons. The molecule has 0 bridgehead atoms. The summed E-state index contributed by atoms with van der Waals surface area (Å²) in [7, 11) is 0. The molecule has 1 atom stereocenters. The van der Waals surface area contributed by atoms with Crippen LogP contribution >= 0.6 is 23.2 Å². The number of rotatable bonds is 8. The Morgan fingerprint density at radius 2 is 1.51 bits per heavy atom. The molecule has 2 heterocycles. The number of benzene rings is 3. The van der Waals surface area contributed by atoms with Gasteiger partial charge in [-0.15, -0.1) is 0 Å². The Morgan fingerprint density at radius 3 is 2.14 bits per heavy atom. The van der Waals surface area contributed by atoms with E-state index >= 15 is 0 Å². The lowest BCUT2D eigenvalue weighted by Crippen LogP contribution is -2.46. The third-order valence-electron chi connectivity index (χ3n) is 7.25. The summed E-state index contributed by atoms with van der Waals surface area (Å²) in [5, 5.41) is 25.1. The van der Waals surface area contributed by atoms with E-state index in [-0.39, 0.29) is 12.5 Å². The fourth-order valence-corrected chi connectivity index (χ4v) is 5.57. The van der Waals surface area contributed by atoms with E-state index in [1.807, 2.05) is 78.9 Å². The zero-order valence-electron chi connectivity index (χ0n) is 20.4. The number of hydrogen-bond acceptors (Lipinski definition) is 5. The van der Waals surface area contributed by atoms with Gasteiger partial charge >= 0.3 is 0 Å². The van der Waals surface area contributed by atoms with Gasteiger partial charge in [0.2, 0.25) is 0 Å². The highest BCUT2D eigenvalue weighted by molar-refractivity contribution is 6.30. The second kappa shape index (κ2) is 11.4. The molecule has 0 radical (unpaired) electrons. The summed E-state index contributed by atoms with van der Waals surface area (Å²) >= 11 is 12.3. The van der Waals surface area contributed by atoms with E-state index in [0.29, 0.717) is 16.6 Å².